The van der Waals surface area contributed by atoms with Gasteiger partial charge in [-0.25, -0.2) is 0 Å². The highest BCUT2D eigenvalue weighted by Crippen LogP contribution is 2.30. The van der Waals surface area contributed by atoms with Crippen LogP contribution in [0.2, 0.25) is 0 Å². The number of allylic oxidation sites excluding steroid dienone is 1. The van der Waals surface area contributed by atoms with E-state index in [1.807, 2.05) is 0 Å². The zero-order valence-electron chi connectivity index (χ0n) is 12.8. The van der Waals surface area contributed by atoms with Crippen LogP contribution in [0.5, 0.6) is 11.5 Å². The molecule has 0 atom stereocenters. The molecule has 1 aliphatic rings. The van der Waals surface area contributed by atoms with Gasteiger partial charge in [-0.15, -0.1) is 0 Å². The monoisotopic (exact) mass is 325 g/mol. The van der Waals surface area contributed by atoms with Gasteiger partial charge in [0.25, 0.3) is 5.69 Å². The van der Waals surface area contributed by atoms with Crippen LogP contribution < -0.4 is 9.47 Å². The molecule has 0 fully saturated rings. The summed E-state index contributed by atoms with van der Waals surface area (Å²) in [6.07, 6.45) is 3.74. The summed E-state index contributed by atoms with van der Waals surface area (Å²) < 4.78 is 11.1. The van der Waals surface area contributed by atoms with Gasteiger partial charge in [0.1, 0.15) is 0 Å². The topological polar surface area (TPSA) is 78.7 Å². The number of rotatable bonds is 4. The van der Waals surface area contributed by atoms with Crippen LogP contribution in [-0.4, -0.2) is 23.9 Å². The number of carbonyl (C=O) groups excluding carboxylic acids is 1. The quantitative estimate of drug-likeness (QED) is 0.371. The van der Waals surface area contributed by atoms with Crippen LogP contribution in [0.1, 0.15) is 22.3 Å². The van der Waals surface area contributed by atoms with Gasteiger partial charge in [-0.05, 0) is 29.8 Å². The van der Waals surface area contributed by atoms with E-state index >= 15 is 0 Å². The average molecular weight is 325 g/mol. The lowest BCUT2D eigenvalue weighted by Gasteiger charge is -2.07. The SMILES string of the molecule is O=C(/C=C/c1cccc([N+](=O)[O-])c1)c1ccc2c(c1)OCCCO2. The normalized spacial score (nSPS) is 13.5. The van der Waals surface area contributed by atoms with Crippen molar-refractivity contribution < 1.29 is 19.2 Å². The molecule has 0 aliphatic carbocycles. The minimum Gasteiger partial charge on any atom is -0.490 e. The highest BCUT2D eigenvalue weighted by molar-refractivity contribution is 6.07. The van der Waals surface area contributed by atoms with Gasteiger partial charge >= 0.3 is 0 Å². The third kappa shape index (κ3) is 3.60. The largest absolute Gasteiger partial charge is 0.490 e. The number of non-ortho nitro benzene ring substituents is 1. The maximum absolute atomic E-state index is 12.3. The molecular weight excluding hydrogens is 310 g/mol. The van der Waals surface area contributed by atoms with Gasteiger partial charge in [0, 0.05) is 24.1 Å². The van der Waals surface area contributed by atoms with Crippen LogP contribution in [0.25, 0.3) is 6.08 Å². The second-order valence-electron chi connectivity index (χ2n) is 5.26. The van der Waals surface area contributed by atoms with Gasteiger partial charge in [0.05, 0.1) is 18.1 Å². The average Bonchev–Trinajstić information content (AvgIpc) is 2.84. The van der Waals surface area contributed by atoms with Crippen LogP contribution in [0.3, 0.4) is 0 Å². The van der Waals surface area contributed by atoms with Crippen molar-refractivity contribution in [1.82, 2.24) is 0 Å². The smallest absolute Gasteiger partial charge is 0.270 e. The molecule has 0 N–H and O–H groups in total. The lowest BCUT2D eigenvalue weighted by Crippen LogP contribution is -1.98. The van der Waals surface area contributed by atoms with Crippen LogP contribution >= 0.6 is 0 Å². The first-order chi connectivity index (χ1) is 11.6. The fourth-order valence-electron chi connectivity index (χ4n) is 2.33. The van der Waals surface area contributed by atoms with Crippen LogP contribution in [-0.2, 0) is 0 Å². The number of ketones is 1. The summed E-state index contributed by atoms with van der Waals surface area (Å²) in [7, 11) is 0. The summed E-state index contributed by atoms with van der Waals surface area (Å²) in [5.74, 6) is 0.978. The Labute approximate surface area is 138 Å². The van der Waals surface area contributed by atoms with E-state index in [2.05, 4.69) is 0 Å². The van der Waals surface area contributed by atoms with Crippen molar-refractivity contribution in [1.29, 1.82) is 0 Å². The van der Waals surface area contributed by atoms with E-state index in [9.17, 15) is 14.9 Å². The van der Waals surface area contributed by atoms with Crippen molar-refractivity contribution in [3.63, 3.8) is 0 Å². The maximum Gasteiger partial charge on any atom is 0.270 e. The number of ether oxygens (including phenoxy) is 2. The van der Waals surface area contributed by atoms with Crippen molar-refractivity contribution in [2.45, 2.75) is 6.42 Å². The summed E-state index contributed by atoms with van der Waals surface area (Å²) in [6.45, 7) is 1.14. The predicted octanol–water partition coefficient (Wildman–Crippen LogP) is 3.65. The zero-order chi connectivity index (χ0) is 16.9. The second kappa shape index (κ2) is 6.95. The molecule has 122 valence electrons. The Balaban J connectivity index is 1.78. The van der Waals surface area contributed by atoms with Gasteiger partial charge in [-0.3, -0.25) is 14.9 Å². The zero-order valence-corrected chi connectivity index (χ0v) is 12.8. The van der Waals surface area contributed by atoms with E-state index in [0.717, 1.165) is 6.42 Å². The summed E-state index contributed by atoms with van der Waals surface area (Å²) in [4.78, 5) is 22.6. The minimum absolute atomic E-state index is 0.0137. The molecule has 0 amide bonds. The molecule has 6 heteroatoms. The Kier molecular flexibility index (Phi) is 4.56. The molecule has 1 aliphatic heterocycles. The van der Waals surface area contributed by atoms with E-state index in [-0.39, 0.29) is 11.5 Å². The number of hydrogen-bond donors (Lipinski definition) is 0. The minimum atomic E-state index is -0.469. The van der Waals surface area contributed by atoms with Crippen molar-refractivity contribution in [3.05, 3.63) is 69.8 Å². The number of nitro groups is 1. The molecule has 0 saturated carbocycles. The van der Waals surface area contributed by atoms with E-state index in [1.54, 1.807) is 36.4 Å². The van der Waals surface area contributed by atoms with Crippen LogP contribution in [0.4, 0.5) is 5.69 Å². The van der Waals surface area contributed by atoms with Crippen molar-refractivity contribution in [3.8, 4) is 11.5 Å². The first kappa shape index (κ1) is 15.7. The third-order valence-electron chi connectivity index (χ3n) is 3.54. The van der Waals surface area contributed by atoms with Crippen molar-refractivity contribution in [2.24, 2.45) is 0 Å². The second-order valence-corrected chi connectivity index (χ2v) is 5.26. The van der Waals surface area contributed by atoms with Crippen LogP contribution in [0.15, 0.2) is 48.5 Å². The van der Waals surface area contributed by atoms with Gasteiger partial charge in [-0.2, -0.15) is 0 Å². The molecule has 0 radical (unpaired) electrons. The van der Waals surface area contributed by atoms with Crippen molar-refractivity contribution in [2.75, 3.05) is 13.2 Å². The lowest BCUT2D eigenvalue weighted by molar-refractivity contribution is -0.384. The summed E-state index contributed by atoms with van der Waals surface area (Å²) in [5, 5.41) is 10.8. The Morgan fingerprint density at radius 2 is 1.88 bits per heavy atom. The molecule has 0 aromatic heterocycles. The summed E-state index contributed by atoms with van der Waals surface area (Å²) in [6, 6.07) is 11.1. The van der Waals surface area contributed by atoms with Gasteiger partial charge in [0.15, 0.2) is 17.3 Å². The Morgan fingerprint density at radius 1 is 1.08 bits per heavy atom. The summed E-state index contributed by atoms with van der Waals surface area (Å²) >= 11 is 0. The van der Waals surface area contributed by atoms with E-state index in [0.29, 0.717) is 35.8 Å². The molecule has 0 saturated heterocycles. The maximum atomic E-state index is 12.3. The first-order valence-corrected chi connectivity index (χ1v) is 7.50. The first-order valence-electron chi connectivity index (χ1n) is 7.50. The Bertz CT molecular complexity index is 813. The molecule has 2 aromatic rings. The molecular formula is C18H15NO5. The highest BCUT2D eigenvalue weighted by atomic mass is 16.6. The number of hydrogen-bond acceptors (Lipinski definition) is 5. The number of benzene rings is 2. The highest BCUT2D eigenvalue weighted by Gasteiger charge is 2.13. The standard InChI is InChI=1S/C18H15NO5/c20-16(7-5-13-3-1-4-15(11-13)19(21)22)14-6-8-17-18(12-14)24-10-2-9-23-17/h1,3-8,11-12H,2,9-10H2/b7-5+. The molecule has 24 heavy (non-hydrogen) atoms. The predicted molar refractivity (Wildman–Crippen MR) is 88.5 cm³/mol. The van der Waals surface area contributed by atoms with Crippen LogP contribution in [0, 0.1) is 10.1 Å². The third-order valence-corrected chi connectivity index (χ3v) is 3.54. The number of nitro benzene ring substituents is 1. The Morgan fingerprint density at radius 3 is 2.67 bits per heavy atom. The molecule has 0 bridgehead atoms. The fraction of sp³-hybridized carbons (Fsp3) is 0.167. The molecule has 0 spiro atoms. The Hall–Kier alpha value is -3.15. The van der Waals surface area contributed by atoms with Gasteiger partial charge in [0.2, 0.25) is 0 Å². The van der Waals surface area contributed by atoms with E-state index in [4.69, 9.17) is 9.47 Å². The number of fused-ring (bicyclic) bond motifs is 1. The van der Waals surface area contributed by atoms with Gasteiger partial charge < -0.3 is 9.47 Å². The lowest BCUT2D eigenvalue weighted by atomic mass is 10.1. The molecule has 0 unspecified atom stereocenters. The van der Waals surface area contributed by atoms with Gasteiger partial charge in [-0.1, -0.05) is 18.2 Å². The summed E-state index contributed by atoms with van der Waals surface area (Å²) in [5.41, 5.74) is 1.05. The number of carbonyl (C=O) groups is 1. The molecule has 2 aromatic carbocycles. The van der Waals surface area contributed by atoms with E-state index < -0.39 is 4.92 Å². The molecule has 1 heterocycles. The van der Waals surface area contributed by atoms with Crippen molar-refractivity contribution >= 4 is 17.5 Å². The molecule has 3 rings (SSSR count). The fourth-order valence-corrected chi connectivity index (χ4v) is 2.33. The number of nitrogens with zero attached hydrogens (tertiary/aromatic N) is 1. The van der Waals surface area contributed by atoms with E-state index in [1.165, 1.54) is 18.2 Å². The molecule has 6 nitrogen and oxygen atoms in total.